The van der Waals surface area contributed by atoms with E-state index in [4.69, 9.17) is 9.73 Å². The van der Waals surface area contributed by atoms with E-state index in [2.05, 4.69) is 20.8 Å². The molecule has 2 aliphatic carbocycles. The largest absolute Gasteiger partial charge is 0.458 e. The molecular weight excluding hydrogens is 329 g/mol. The SMILES string of the molecule is CC(C)C[C@H](F)C[C@@H](N=C1CC2CCC1(C)C2(C)C)C(=O)OC(C)(C)C. The van der Waals surface area contributed by atoms with E-state index in [1.54, 1.807) is 0 Å². The van der Waals surface area contributed by atoms with Crippen molar-refractivity contribution in [1.29, 1.82) is 0 Å². The van der Waals surface area contributed by atoms with Crippen LogP contribution >= 0.6 is 0 Å². The van der Waals surface area contributed by atoms with Crippen LogP contribution in [0.25, 0.3) is 0 Å². The maximum absolute atomic E-state index is 14.5. The van der Waals surface area contributed by atoms with Gasteiger partial charge in [0.05, 0.1) is 0 Å². The number of rotatable bonds is 6. The lowest BCUT2D eigenvalue weighted by Gasteiger charge is -2.35. The van der Waals surface area contributed by atoms with Gasteiger partial charge in [0, 0.05) is 17.5 Å². The Morgan fingerprint density at radius 1 is 1.27 bits per heavy atom. The highest BCUT2D eigenvalue weighted by atomic mass is 19.1. The summed E-state index contributed by atoms with van der Waals surface area (Å²) < 4.78 is 20.1. The van der Waals surface area contributed by atoms with Gasteiger partial charge in [-0.2, -0.15) is 0 Å². The lowest BCUT2D eigenvalue weighted by Crippen LogP contribution is -2.36. The van der Waals surface area contributed by atoms with Crippen molar-refractivity contribution in [3.8, 4) is 0 Å². The lowest BCUT2D eigenvalue weighted by atomic mass is 9.70. The van der Waals surface area contributed by atoms with Crippen LogP contribution in [0, 0.1) is 22.7 Å². The second-order valence-electron chi connectivity index (χ2n) is 10.6. The van der Waals surface area contributed by atoms with Crippen molar-refractivity contribution in [2.45, 2.75) is 105 Å². The first-order chi connectivity index (χ1) is 11.8. The quantitative estimate of drug-likeness (QED) is 0.560. The Kier molecular flexibility index (Phi) is 5.95. The van der Waals surface area contributed by atoms with Crippen LogP contribution in [-0.2, 0) is 9.53 Å². The number of fused-ring (bicyclic) bond motifs is 2. The fraction of sp³-hybridized carbons (Fsp3) is 0.909. The van der Waals surface area contributed by atoms with Crippen LogP contribution in [0.1, 0.15) is 87.5 Å². The van der Waals surface area contributed by atoms with Gasteiger partial charge in [0.25, 0.3) is 0 Å². The number of carbonyl (C=O) groups is 1. The second kappa shape index (κ2) is 7.24. The monoisotopic (exact) mass is 367 g/mol. The van der Waals surface area contributed by atoms with Crippen LogP contribution in [0.4, 0.5) is 4.39 Å². The summed E-state index contributed by atoms with van der Waals surface area (Å²) in [5, 5.41) is 0. The number of nitrogens with zero attached hydrogens (tertiary/aromatic N) is 1. The van der Waals surface area contributed by atoms with Gasteiger partial charge in [-0.1, -0.05) is 34.6 Å². The molecule has 4 heteroatoms. The number of hydrogen-bond acceptors (Lipinski definition) is 3. The molecule has 2 rings (SSSR count). The molecule has 2 unspecified atom stereocenters. The summed E-state index contributed by atoms with van der Waals surface area (Å²) in [4.78, 5) is 17.6. The van der Waals surface area contributed by atoms with Crippen LogP contribution in [-0.4, -0.2) is 29.5 Å². The van der Waals surface area contributed by atoms with Gasteiger partial charge in [-0.15, -0.1) is 0 Å². The highest BCUT2D eigenvalue weighted by molar-refractivity contribution is 5.96. The molecule has 0 N–H and O–H groups in total. The zero-order valence-corrected chi connectivity index (χ0v) is 18.0. The van der Waals surface area contributed by atoms with E-state index in [-0.39, 0.29) is 29.1 Å². The summed E-state index contributed by atoms with van der Waals surface area (Å²) in [5.74, 6) is 0.485. The van der Waals surface area contributed by atoms with E-state index in [0.717, 1.165) is 18.6 Å². The van der Waals surface area contributed by atoms with Gasteiger partial charge in [-0.3, -0.25) is 4.99 Å². The minimum Gasteiger partial charge on any atom is -0.458 e. The normalized spacial score (nSPS) is 31.5. The number of ether oxygens (including phenoxy) is 1. The third kappa shape index (κ3) is 4.31. The summed E-state index contributed by atoms with van der Waals surface area (Å²) in [7, 11) is 0. The van der Waals surface area contributed by atoms with Gasteiger partial charge in [0.15, 0.2) is 0 Å². The van der Waals surface area contributed by atoms with Gasteiger partial charge in [0.1, 0.15) is 17.8 Å². The summed E-state index contributed by atoms with van der Waals surface area (Å²) in [5.41, 5.74) is 0.725. The van der Waals surface area contributed by atoms with Gasteiger partial charge < -0.3 is 4.74 Å². The van der Waals surface area contributed by atoms with Crippen molar-refractivity contribution in [1.82, 2.24) is 0 Å². The summed E-state index contributed by atoms with van der Waals surface area (Å²) in [6.45, 7) is 16.4. The van der Waals surface area contributed by atoms with Crippen LogP contribution < -0.4 is 0 Å². The first kappa shape index (κ1) is 21.4. The molecule has 2 aliphatic rings. The van der Waals surface area contributed by atoms with Gasteiger partial charge in [-0.25, -0.2) is 9.18 Å². The standard InChI is InChI=1S/C22H38FNO2/c1-14(2)11-16(23)13-17(19(25)26-20(3,4)5)24-18-12-15-9-10-22(18,8)21(15,6)7/h14-17H,9-13H2,1-8H3/t15?,16-,17+,22?/m0/s1. The molecule has 0 aromatic heterocycles. The van der Waals surface area contributed by atoms with Crippen molar-refractivity contribution in [3.05, 3.63) is 0 Å². The third-order valence-electron chi connectivity index (χ3n) is 6.71. The topological polar surface area (TPSA) is 38.7 Å². The van der Waals surface area contributed by atoms with Crippen LogP contribution in [0.3, 0.4) is 0 Å². The van der Waals surface area contributed by atoms with E-state index in [9.17, 15) is 9.18 Å². The van der Waals surface area contributed by atoms with E-state index in [0.29, 0.717) is 12.3 Å². The number of halogens is 1. The molecule has 0 aliphatic heterocycles. The maximum atomic E-state index is 14.5. The molecule has 0 aromatic rings. The van der Waals surface area contributed by atoms with Crippen molar-refractivity contribution in [3.63, 3.8) is 0 Å². The van der Waals surface area contributed by atoms with E-state index in [1.807, 2.05) is 34.6 Å². The molecule has 2 fully saturated rings. The number of aliphatic imine (C=N–C) groups is 1. The molecule has 2 saturated carbocycles. The van der Waals surface area contributed by atoms with E-state index < -0.39 is 17.8 Å². The molecule has 2 bridgehead atoms. The number of carbonyl (C=O) groups excluding carboxylic acids is 1. The molecule has 3 nitrogen and oxygen atoms in total. The molecule has 4 atom stereocenters. The predicted molar refractivity (Wildman–Crippen MR) is 105 cm³/mol. The first-order valence-corrected chi connectivity index (χ1v) is 10.2. The van der Waals surface area contributed by atoms with Crippen molar-refractivity contribution in [2.24, 2.45) is 27.7 Å². The third-order valence-corrected chi connectivity index (χ3v) is 6.71. The fourth-order valence-corrected chi connectivity index (χ4v) is 4.73. The molecular formula is C22H38FNO2. The van der Waals surface area contributed by atoms with E-state index in [1.165, 1.54) is 6.42 Å². The Hall–Kier alpha value is -0.930. The smallest absolute Gasteiger partial charge is 0.331 e. The predicted octanol–water partition coefficient (Wildman–Crippen LogP) is 5.76. The summed E-state index contributed by atoms with van der Waals surface area (Å²) in [6, 6.07) is -0.732. The Balaban J connectivity index is 2.25. The number of esters is 1. The fourth-order valence-electron chi connectivity index (χ4n) is 4.73. The highest BCUT2D eigenvalue weighted by Gasteiger charge is 2.60. The highest BCUT2D eigenvalue weighted by Crippen LogP contribution is 2.64. The Morgan fingerprint density at radius 3 is 2.31 bits per heavy atom. The Bertz CT molecular complexity index is 561. The Morgan fingerprint density at radius 2 is 1.88 bits per heavy atom. The van der Waals surface area contributed by atoms with Crippen LogP contribution in [0.15, 0.2) is 4.99 Å². The molecule has 0 amide bonds. The summed E-state index contributed by atoms with van der Waals surface area (Å²) in [6.07, 6.45) is 2.81. The molecule has 0 saturated heterocycles. The molecule has 0 radical (unpaired) electrons. The van der Waals surface area contributed by atoms with Crippen LogP contribution in [0.5, 0.6) is 0 Å². The van der Waals surface area contributed by atoms with Crippen molar-refractivity contribution < 1.29 is 13.9 Å². The van der Waals surface area contributed by atoms with Gasteiger partial charge in [-0.05, 0) is 63.7 Å². The summed E-state index contributed by atoms with van der Waals surface area (Å²) >= 11 is 0. The van der Waals surface area contributed by atoms with Crippen LogP contribution in [0.2, 0.25) is 0 Å². The average Bonchev–Trinajstić information content (AvgIpc) is 2.77. The number of alkyl halides is 1. The molecule has 0 heterocycles. The van der Waals surface area contributed by atoms with Gasteiger partial charge in [0.2, 0.25) is 0 Å². The second-order valence-corrected chi connectivity index (χ2v) is 10.6. The minimum atomic E-state index is -1.03. The minimum absolute atomic E-state index is 0.0157. The Labute approximate surface area is 159 Å². The maximum Gasteiger partial charge on any atom is 0.331 e. The molecule has 0 aromatic carbocycles. The van der Waals surface area contributed by atoms with Crippen molar-refractivity contribution in [2.75, 3.05) is 0 Å². The van der Waals surface area contributed by atoms with Crippen molar-refractivity contribution >= 4 is 11.7 Å². The zero-order chi connectivity index (χ0) is 19.9. The van der Waals surface area contributed by atoms with Gasteiger partial charge >= 0.3 is 5.97 Å². The molecule has 26 heavy (non-hydrogen) atoms. The molecule has 150 valence electrons. The number of hydrogen-bond donors (Lipinski definition) is 0. The van der Waals surface area contributed by atoms with E-state index >= 15 is 0 Å². The molecule has 0 spiro atoms. The lowest BCUT2D eigenvalue weighted by molar-refractivity contribution is -0.157. The average molecular weight is 368 g/mol. The first-order valence-electron chi connectivity index (χ1n) is 10.2. The zero-order valence-electron chi connectivity index (χ0n) is 18.0.